The first-order valence-electron chi connectivity index (χ1n) is 7.83. The summed E-state index contributed by atoms with van der Waals surface area (Å²) in [6, 6.07) is 2.17. The van der Waals surface area contributed by atoms with Crippen LogP contribution in [0.5, 0.6) is 0 Å². The first-order chi connectivity index (χ1) is 9.31. The first kappa shape index (κ1) is 18.0. The van der Waals surface area contributed by atoms with E-state index in [0.717, 1.165) is 32.1 Å². The number of carbonyl (C=O) groups is 1. The number of nitriles is 1. The summed E-state index contributed by atoms with van der Waals surface area (Å²) in [4.78, 5) is 11.3. The van der Waals surface area contributed by atoms with Crippen molar-refractivity contribution in [1.29, 1.82) is 5.26 Å². The SMILES string of the molecule is CCCCOC(=O)CCCCCCCCCCC#N. The molecule has 0 bridgehead atoms. The predicted molar refractivity (Wildman–Crippen MR) is 77.7 cm³/mol. The number of esters is 1. The average Bonchev–Trinajstić information content (AvgIpc) is 2.41. The fourth-order valence-electron chi connectivity index (χ4n) is 1.94. The fourth-order valence-corrected chi connectivity index (χ4v) is 1.94. The molecule has 0 radical (unpaired) electrons. The van der Waals surface area contributed by atoms with E-state index in [-0.39, 0.29) is 5.97 Å². The fraction of sp³-hybridized carbons (Fsp3) is 0.875. The summed E-state index contributed by atoms with van der Waals surface area (Å²) >= 11 is 0. The zero-order valence-corrected chi connectivity index (χ0v) is 12.5. The summed E-state index contributed by atoms with van der Waals surface area (Å²) in [5.74, 6) is -0.0371. The van der Waals surface area contributed by atoms with Gasteiger partial charge in [0.15, 0.2) is 0 Å². The summed E-state index contributed by atoms with van der Waals surface area (Å²) in [6.45, 7) is 2.67. The van der Waals surface area contributed by atoms with Gasteiger partial charge < -0.3 is 4.74 Å². The standard InChI is InChI=1S/C16H29NO2/c1-2-3-15-19-16(18)13-11-9-7-5-4-6-8-10-12-14-17/h2-13,15H2,1H3. The Kier molecular flexibility index (Phi) is 14.2. The van der Waals surface area contributed by atoms with Crippen LogP contribution in [0.4, 0.5) is 0 Å². The van der Waals surface area contributed by atoms with Crippen LogP contribution in [-0.2, 0) is 9.53 Å². The van der Waals surface area contributed by atoms with Crippen LogP contribution >= 0.6 is 0 Å². The number of nitrogens with zero attached hydrogens (tertiary/aromatic N) is 1. The van der Waals surface area contributed by atoms with Crippen LogP contribution in [0.1, 0.15) is 84.0 Å². The minimum Gasteiger partial charge on any atom is -0.466 e. The molecule has 0 heterocycles. The van der Waals surface area contributed by atoms with Gasteiger partial charge in [-0.15, -0.1) is 0 Å². The van der Waals surface area contributed by atoms with E-state index in [1.54, 1.807) is 0 Å². The maximum Gasteiger partial charge on any atom is 0.305 e. The summed E-state index contributed by atoms with van der Waals surface area (Å²) in [6.07, 6.45) is 12.6. The number of rotatable bonds is 13. The van der Waals surface area contributed by atoms with Gasteiger partial charge in [-0.1, -0.05) is 51.9 Å². The van der Waals surface area contributed by atoms with Gasteiger partial charge in [-0.25, -0.2) is 0 Å². The second-order valence-corrected chi connectivity index (χ2v) is 5.06. The molecule has 0 aliphatic carbocycles. The Morgan fingerprint density at radius 1 is 0.947 bits per heavy atom. The maximum absolute atomic E-state index is 11.3. The number of hydrogen-bond acceptors (Lipinski definition) is 3. The zero-order chi connectivity index (χ0) is 14.2. The Morgan fingerprint density at radius 3 is 2.11 bits per heavy atom. The lowest BCUT2D eigenvalue weighted by molar-refractivity contribution is -0.143. The molecule has 0 aliphatic rings. The number of carbonyl (C=O) groups excluding carboxylic acids is 1. The van der Waals surface area contributed by atoms with Crippen molar-refractivity contribution < 1.29 is 9.53 Å². The molecule has 0 spiro atoms. The Balaban J connectivity index is 3.10. The van der Waals surface area contributed by atoms with Crippen LogP contribution in [0.25, 0.3) is 0 Å². The monoisotopic (exact) mass is 267 g/mol. The minimum absolute atomic E-state index is 0.0371. The van der Waals surface area contributed by atoms with Crippen molar-refractivity contribution >= 4 is 5.97 Å². The predicted octanol–water partition coefficient (Wildman–Crippen LogP) is 4.75. The van der Waals surface area contributed by atoms with Crippen molar-refractivity contribution in [3.63, 3.8) is 0 Å². The van der Waals surface area contributed by atoms with E-state index in [0.29, 0.717) is 19.4 Å². The van der Waals surface area contributed by atoms with Gasteiger partial charge in [0.25, 0.3) is 0 Å². The molecule has 0 aromatic carbocycles. The molecular formula is C16H29NO2. The lowest BCUT2D eigenvalue weighted by Crippen LogP contribution is -2.05. The molecule has 0 aromatic heterocycles. The topological polar surface area (TPSA) is 50.1 Å². The summed E-state index contributed by atoms with van der Waals surface area (Å²) < 4.78 is 5.10. The molecule has 3 nitrogen and oxygen atoms in total. The molecule has 0 saturated carbocycles. The van der Waals surface area contributed by atoms with Gasteiger partial charge >= 0.3 is 5.97 Å². The Morgan fingerprint density at radius 2 is 1.53 bits per heavy atom. The Hall–Kier alpha value is -1.04. The third kappa shape index (κ3) is 14.9. The highest BCUT2D eigenvalue weighted by Crippen LogP contribution is 2.10. The van der Waals surface area contributed by atoms with Crippen LogP contribution in [0.2, 0.25) is 0 Å². The molecule has 3 heteroatoms. The highest BCUT2D eigenvalue weighted by atomic mass is 16.5. The second-order valence-electron chi connectivity index (χ2n) is 5.06. The first-order valence-corrected chi connectivity index (χ1v) is 7.83. The van der Waals surface area contributed by atoms with Crippen molar-refractivity contribution in [3.05, 3.63) is 0 Å². The van der Waals surface area contributed by atoms with Crippen molar-refractivity contribution in [3.8, 4) is 6.07 Å². The van der Waals surface area contributed by atoms with Gasteiger partial charge in [-0.2, -0.15) is 5.26 Å². The van der Waals surface area contributed by atoms with E-state index in [9.17, 15) is 4.79 Å². The van der Waals surface area contributed by atoms with Gasteiger partial charge in [0.05, 0.1) is 12.7 Å². The van der Waals surface area contributed by atoms with Crippen molar-refractivity contribution in [2.24, 2.45) is 0 Å². The van der Waals surface area contributed by atoms with Crippen LogP contribution in [-0.4, -0.2) is 12.6 Å². The largest absolute Gasteiger partial charge is 0.466 e. The van der Waals surface area contributed by atoms with Crippen molar-refractivity contribution in [1.82, 2.24) is 0 Å². The smallest absolute Gasteiger partial charge is 0.305 e. The molecule has 0 amide bonds. The van der Waals surface area contributed by atoms with E-state index < -0.39 is 0 Å². The lowest BCUT2D eigenvalue weighted by Gasteiger charge is -2.04. The Labute approximate surface area is 118 Å². The second kappa shape index (κ2) is 15.0. The van der Waals surface area contributed by atoms with E-state index in [1.165, 1.54) is 32.1 Å². The lowest BCUT2D eigenvalue weighted by atomic mass is 10.1. The number of unbranched alkanes of at least 4 members (excludes halogenated alkanes) is 9. The summed E-state index contributed by atoms with van der Waals surface area (Å²) in [5, 5.41) is 8.39. The molecule has 0 rings (SSSR count). The van der Waals surface area contributed by atoms with E-state index in [2.05, 4.69) is 13.0 Å². The highest BCUT2D eigenvalue weighted by molar-refractivity contribution is 5.69. The third-order valence-corrected chi connectivity index (χ3v) is 3.18. The maximum atomic E-state index is 11.3. The van der Waals surface area contributed by atoms with Gasteiger partial charge in [-0.3, -0.25) is 4.79 Å². The van der Waals surface area contributed by atoms with E-state index in [1.807, 2.05) is 0 Å². The molecular weight excluding hydrogens is 238 g/mol. The molecule has 0 aromatic rings. The van der Waals surface area contributed by atoms with Gasteiger partial charge in [0.2, 0.25) is 0 Å². The minimum atomic E-state index is -0.0371. The zero-order valence-electron chi connectivity index (χ0n) is 12.5. The van der Waals surface area contributed by atoms with E-state index in [4.69, 9.17) is 10.00 Å². The number of hydrogen-bond donors (Lipinski definition) is 0. The van der Waals surface area contributed by atoms with Crippen LogP contribution in [0.3, 0.4) is 0 Å². The molecule has 110 valence electrons. The molecule has 0 atom stereocenters. The van der Waals surface area contributed by atoms with Gasteiger partial charge in [-0.05, 0) is 19.3 Å². The average molecular weight is 267 g/mol. The van der Waals surface area contributed by atoms with E-state index >= 15 is 0 Å². The molecule has 0 fully saturated rings. The summed E-state index contributed by atoms with van der Waals surface area (Å²) in [5.41, 5.74) is 0. The number of ether oxygens (including phenoxy) is 1. The quantitative estimate of drug-likeness (QED) is 0.357. The molecule has 0 unspecified atom stereocenters. The van der Waals surface area contributed by atoms with Gasteiger partial charge in [0, 0.05) is 12.8 Å². The Bertz CT molecular complexity index is 246. The molecule has 0 aliphatic heterocycles. The summed E-state index contributed by atoms with van der Waals surface area (Å²) in [7, 11) is 0. The van der Waals surface area contributed by atoms with Crippen LogP contribution in [0.15, 0.2) is 0 Å². The van der Waals surface area contributed by atoms with Crippen LogP contribution < -0.4 is 0 Å². The third-order valence-electron chi connectivity index (χ3n) is 3.18. The normalized spacial score (nSPS) is 10.1. The van der Waals surface area contributed by atoms with Crippen molar-refractivity contribution in [2.75, 3.05) is 6.61 Å². The van der Waals surface area contributed by atoms with Crippen molar-refractivity contribution in [2.45, 2.75) is 84.0 Å². The molecule has 0 N–H and O–H groups in total. The van der Waals surface area contributed by atoms with Crippen LogP contribution in [0, 0.1) is 11.3 Å². The molecule has 0 saturated heterocycles. The molecule has 19 heavy (non-hydrogen) atoms. The van der Waals surface area contributed by atoms with Gasteiger partial charge in [0.1, 0.15) is 0 Å². The highest BCUT2D eigenvalue weighted by Gasteiger charge is 2.01.